The van der Waals surface area contributed by atoms with Crippen molar-refractivity contribution in [3.8, 4) is 33.7 Å². The normalized spacial score (nSPS) is 11.6. The van der Waals surface area contributed by atoms with Gasteiger partial charge in [-0.15, -0.1) is 0 Å². The van der Waals surface area contributed by atoms with E-state index in [9.17, 15) is 0 Å². The average molecular weight is 715 g/mol. The molecule has 0 unspecified atom stereocenters. The van der Waals surface area contributed by atoms with Crippen molar-refractivity contribution in [1.29, 1.82) is 0 Å². The Morgan fingerprint density at radius 2 is 0.893 bits per heavy atom. The number of aromatic nitrogens is 1. The van der Waals surface area contributed by atoms with Gasteiger partial charge in [-0.2, -0.15) is 0 Å². The largest absolute Gasteiger partial charge is 0.435 e. The summed E-state index contributed by atoms with van der Waals surface area (Å²) < 4.78 is 6.49. The molecule has 0 fully saturated rings. The molecule has 3 heteroatoms. The van der Waals surface area contributed by atoms with E-state index in [1.165, 1.54) is 32.7 Å². The van der Waals surface area contributed by atoms with Gasteiger partial charge < -0.3 is 9.32 Å². The van der Waals surface area contributed by atoms with Crippen molar-refractivity contribution in [2.24, 2.45) is 0 Å². The van der Waals surface area contributed by atoms with Gasteiger partial charge in [-0.25, -0.2) is 4.98 Å². The lowest BCUT2D eigenvalue weighted by molar-refractivity contribution is 0.623. The Morgan fingerprint density at radius 3 is 1.68 bits per heavy atom. The van der Waals surface area contributed by atoms with Crippen LogP contribution in [0.2, 0.25) is 0 Å². The van der Waals surface area contributed by atoms with Crippen LogP contribution >= 0.6 is 0 Å². The van der Waals surface area contributed by atoms with Crippen molar-refractivity contribution < 1.29 is 4.42 Å². The molecule has 0 saturated carbocycles. The summed E-state index contributed by atoms with van der Waals surface area (Å²) in [7, 11) is 0. The number of fused-ring (bicyclic) bond motifs is 7. The minimum absolute atomic E-state index is 0.628. The van der Waals surface area contributed by atoms with Crippen molar-refractivity contribution in [3.63, 3.8) is 0 Å². The average Bonchev–Trinajstić information content (AvgIpc) is 3.73. The summed E-state index contributed by atoms with van der Waals surface area (Å²) in [4.78, 5) is 7.41. The number of nitrogens with zero attached hydrogens (tertiary/aromatic N) is 2. The molecule has 0 aliphatic rings. The molecule has 0 radical (unpaired) electrons. The predicted octanol–water partition coefficient (Wildman–Crippen LogP) is 14.9. The summed E-state index contributed by atoms with van der Waals surface area (Å²) in [5.74, 6) is 0.628. The lowest BCUT2D eigenvalue weighted by Crippen LogP contribution is -2.09. The van der Waals surface area contributed by atoms with Crippen LogP contribution in [0.1, 0.15) is 0 Å². The summed E-state index contributed by atoms with van der Waals surface area (Å²) >= 11 is 0. The zero-order chi connectivity index (χ0) is 37.0. The number of oxazole rings is 1. The third-order valence-electron chi connectivity index (χ3n) is 11.0. The first-order chi connectivity index (χ1) is 27.7. The molecule has 0 amide bonds. The van der Waals surface area contributed by atoms with Crippen LogP contribution in [-0.4, -0.2) is 4.98 Å². The van der Waals surface area contributed by atoms with Gasteiger partial charge in [0, 0.05) is 33.6 Å². The van der Waals surface area contributed by atoms with E-state index in [0.717, 1.165) is 66.4 Å². The van der Waals surface area contributed by atoms with Gasteiger partial charge in [-0.05, 0) is 121 Å². The van der Waals surface area contributed by atoms with Crippen molar-refractivity contribution in [3.05, 3.63) is 206 Å². The van der Waals surface area contributed by atoms with Crippen molar-refractivity contribution in [2.45, 2.75) is 0 Å². The van der Waals surface area contributed by atoms with E-state index >= 15 is 0 Å². The van der Waals surface area contributed by atoms with E-state index in [4.69, 9.17) is 9.40 Å². The Labute approximate surface area is 324 Å². The smallest absolute Gasteiger partial charge is 0.227 e. The molecule has 56 heavy (non-hydrogen) atoms. The SMILES string of the molecule is c1ccc(-c2nc3c(-c4ccc5cc(N(c6ccccc6)c6ccc(-c7cc8ccccc8c8ccccc78)cc6)ccc5c4)cc4ccccc4c3o2)cc1. The second-order valence-electron chi connectivity index (χ2n) is 14.4. The highest BCUT2D eigenvalue weighted by Gasteiger charge is 2.18. The van der Waals surface area contributed by atoms with Crippen molar-refractivity contribution in [1.82, 2.24) is 4.98 Å². The van der Waals surface area contributed by atoms with Crippen LogP contribution in [-0.2, 0) is 0 Å². The third kappa shape index (κ3) is 5.40. The molecule has 1 aromatic heterocycles. The monoisotopic (exact) mass is 714 g/mol. The highest BCUT2D eigenvalue weighted by molar-refractivity contribution is 6.14. The molecule has 0 aliphatic carbocycles. The molecule has 262 valence electrons. The molecule has 11 aromatic rings. The molecule has 0 spiro atoms. The number of hydrogen-bond acceptors (Lipinski definition) is 3. The summed E-state index contributed by atoms with van der Waals surface area (Å²) in [6, 6.07) is 73.5. The molecule has 11 rings (SSSR count). The standard InChI is InChI=1S/C53H34N2O/c1-3-13-36(14-4-1)53-54-51-50(34-40-16-8-10-20-46(40)52(51)56-53)41-24-23-38-32-44(30-27-37(38)31-41)55(42-17-5-2-6-18-42)43-28-25-35(26-29-43)49-33-39-15-7-9-19-45(39)47-21-11-12-22-48(47)49/h1-34H. The summed E-state index contributed by atoms with van der Waals surface area (Å²) in [5.41, 5.74) is 10.5. The van der Waals surface area contributed by atoms with Crippen LogP contribution in [0, 0.1) is 0 Å². The van der Waals surface area contributed by atoms with E-state index in [-0.39, 0.29) is 0 Å². The van der Waals surface area contributed by atoms with E-state index in [2.05, 4.69) is 181 Å². The quantitative estimate of drug-likeness (QED) is 0.161. The highest BCUT2D eigenvalue weighted by Crippen LogP contribution is 2.41. The Balaban J connectivity index is 0.996. The number of benzene rings is 10. The van der Waals surface area contributed by atoms with Gasteiger partial charge in [0.15, 0.2) is 5.58 Å². The van der Waals surface area contributed by atoms with Gasteiger partial charge in [-0.3, -0.25) is 0 Å². The van der Waals surface area contributed by atoms with E-state index in [0.29, 0.717) is 5.89 Å². The molecular formula is C53H34N2O. The molecule has 3 nitrogen and oxygen atoms in total. The molecule has 0 bridgehead atoms. The maximum Gasteiger partial charge on any atom is 0.227 e. The third-order valence-corrected chi connectivity index (χ3v) is 11.0. The second kappa shape index (κ2) is 13.1. The fourth-order valence-electron chi connectivity index (χ4n) is 8.31. The molecule has 10 aromatic carbocycles. The Morgan fingerprint density at radius 1 is 0.339 bits per heavy atom. The fourth-order valence-corrected chi connectivity index (χ4v) is 8.31. The molecule has 0 saturated heterocycles. The number of para-hydroxylation sites is 1. The predicted molar refractivity (Wildman–Crippen MR) is 235 cm³/mol. The van der Waals surface area contributed by atoms with Gasteiger partial charge in [0.05, 0.1) is 0 Å². The first-order valence-electron chi connectivity index (χ1n) is 19.0. The number of rotatable bonds is 6. The Hall–Kier alpha value is -7.49. The van der Waals surface area contributed by atoms with E-state index in [1.54, 1.807) is 0 Å². The molecule has 1 heterocycles. The minimum atomic E-state index is 0.628. The van der Waals surface area contributed by atoms with Crippen molar-refractivity contribution >= 4 is 71.3 Å². The zero-order valence-corrected chi connectivity index (χ0v) is 30.4. The summed E-state index contributed by atoms with van der Waals surface area (Å²) in [5, 5.41) is 9.57. The van der Waals surface area contributed by atoms with Crippen LogP contribution in [0.15, 0.2) is 211 Å². The Kier molecular flexibility index (Phi) is 7.49. The van der Waals surface area contributed by atoms with E-state index < -0.39 is 0 Å². The second-order valence-corrected chi connectivity index (χ2v) is 14.4. The van der Waals surface area contributed by atoms with Crippen LogP contribution in [0.5, 0.6) is 0 Å². The fraction of sp³-hybridized carbons (Fsp3) is 0. The maximum atomic E-state index is 6.49. The first-order valence-corrected chi connectivity index (χ1v) is 19.0. The highest BCUT2D eigenvalue weighted by atomic mass is 16.3. The molecule has 0 N–H and O–H groups in total. The minimum Gasteiger partial charge on any atom is -0.435 e. The molecule has 0 aliphatic heterocycles. The van der Waals surface area contributed by atoms with Crippen LogP contribution < -0.4 is 4.90 Å². The van der Waals surface area contributed by atoms with Crippen LogP contribution in [0.3, 0.4) is 0 Å². The maximum absolute atomic E-state index is 6.49. The molecular weight excluding hydrogens is 681 g/mol. The Bertz CT molecular complexity index is 3240. The first kappa shape index (κ1) is 32.0. The van der Waals surface area contributed by atoms with Gasteiger partial charge in [0.1, 0.15) is 5.52 Å². The summed E-state index contributed by atoms with van der Waals surface area (Å²) in [6.45, 7) is 0. The topological polar surface area (TPSA) is 29.3 Å². The van der Waals surface area contributed by atoms with Gasteiger partial charge >= 0.3 is 0 Å². The van der Waals surface area contributed by atoms with E-state index in [1.807, 2.05) is 30.3 Å². The summed E-state index contributed by atoms with van der Waals surface area (Å²) in [6.07, 6.45) is 0. The number of anilines is 3. The van der Waals surface area contributed by atoms with Gasteiger partial charge in [-0.1, -0.05) is 140 Å². The lowest BCUT2D eigenvalue weighted by Gasteiger charge is -2.26. The van der Waals surface area contributed by atoms with Crippen molar-refractivity contribution in [2.75, 3.05) is 4.90 Å². The zero-order valence-electron chi connectivity index (χ0n) is 30.4. The van der Waals surface area contributed by atoms with Gasteiger partial charge in [0.2, 0.25) is 5.89 Å². The lowest BCUT2D eigenvalue weighted by atomic mass is 9.93. The molecule has 0 atom stereocenters. The van der Waals surface area contributed by atoms with Crippen LogP contribution in [0.25, 0.3) is 87.9 Å². The number of hydrogen-bond donors (Lipinski definition) is 0. The van der Waals surface area contributed by atoms with Crippen LogP contribution in [0.4, 0.5) is 17.1 Å². The van der Waals surface area contributed by atoms with Gasteiger partial charge in [0.25, 0.3) is 0 Å².